The first kappa shape index (κ1) is 27.2. The Morgan fingerprint density at radius 1 is 1.10 bits per heavy atom. The minimum Gasteiger partial charge on any atom is -0.480 e. The molecule has 1 heterocycles. The molecule has 4 N–H and O–H groups in total. The third-order valence-electron chi connectivity index (χ3n) is 6.35. The number of carboxylic acid groups (broad SMARTS) is 2. The summed E-state index contributed by atoms with van der Waals surface area (Å²) in [7, 11) is 0. The van der Waals surface area contributed by atoms with Crippen molar-refractivity contribution in [1.82, 2.24) is 10.7 Å². The Hall–Kier alpha value is -1.87. The number of alkyl carbamates (subject to hydrolysis) is 1. The molecule has 1 amide bonds. The van der Waals surface area contributed by atoms with Crippen LogP contribution in [0.2, 0.25) is 0 Å². The lowest BCUT2D eigenvalue weighted by atomic mass is 9.97. The van der Waals surface area contributed by atoms with Crippen LogP contribution in [0.15, 0.2) is 0 Å². The molecule has 9 nitrogen and oxygen atoms in total. The van der Waals surface area contributed by atoms with Crippen LogP contribution in [0.4, 0.5) is 4.79 Å². The number of hydrogen-bond acceptors (Lipinski definition) is 5. The molecule has 0 aromatic heterocycles. The zero-order valence-electron chi connectivity index (χ0n) is 20.1. The first-order valence-corrected chi connectivity index (χ1v) is 11.4. The third kappa shape index (κ3) is 7.64. The summed E-state index contributed by atoms with van der Waals surface area (Å²) in [5.41, 5.74) is 2.55. The molecule has 1 unspecified atom stereocenters. The zero-order chi connectivity index (χ0) is 24.0. The molecule has 1 aliphatic heterocycles. The SMILES string of the molecule is CC[C@H](C)[C@H](N[N+]1(C[C@@H](NC(=O)OC(C)(C)C)[C@@H](C)CC)CCC[C@H]1C(=O)O)C(=O)O. The summed E-state index contributed by atoms with van der Waals surface area (Å²) in [6.45, 7) is 13.9. The highest BCUT2D eigenvalue weighted by Gasteiger charge is 2.51. The van der Waals surface area contributed by atoms with E-state index in [1.807, 2.05) is 27.7 Å². The summed E-state index contributed by atoms with van der Waals surface area (Å²) in [4.78, 5) is 36.6. The molecule has 0 aliphatic carbocycles. The second kappa shape index (κ2) is 11.1. The van der Waals surface area contributed by atoms with Gasteiger partial charge in [0.2, 0.25) is 6.04 Å². The van der Waals surface area contributed by atoms with Crippen LogP contribution in [0, 0.1) is 11.8 Å². The minimum atomic E-state index is -0.997. The van der Waals surface area contributed by atoms with Gasteiger partial charge in [0, 0.05) is 12.8 Å². The van der Waals surface area contributed by atoms with Gasteiger partial charge in [0.15, 0.2) is 6.04 Å². The van der Waals surface area contributed by atoms with E-state index in [0.29, 0.717) is 25.8 Å². The molecule has 0 spiro atoms. The van der Waals surface area contributed by atoms with Gasteiger partial charge in [-0.15, -0.1) is 0 Å². The molecule has 1 aliphatic rings. The van der Waals surface area contributed by atoms with E-state index in [0.717, 1.165) is 6.42 Å². The molecular formula is C22H42N3O6+. The van der Waals surface area contributed by atoms with Crippen molar-refractivity contribution >= 4 is 18.0 Å². The van der Waals surface area contributed by atoms with Gasteiger partial charge in [0.05, 0.1) is 12.6 Å². The third-order valence-corrected chi connectivity index (χ3v) is 6.35. The number of likely N-dealkylation sites (tertiary alicyclic amines) is 1. The van der Waals surface area contributed by atoms with Crippen LogP contribution in [0.1, 0.15) is 74.1 Å². The maximum absolute atomic E-state index is 12.5. The van der Waals surface area contributed by atoms with E-state index in [4.69, 9.17) is 4.74 Å². The number of carboxylic acids is 2. The smallest absolute Gasteiger partial charge is 0.408 e. The van der Waals surface area contributed by atoms with Gasteiger partial charge in [-0.1, -0.05) is 40.5 Å². The molecule has 31 heavy (non-hydrogen) atoms. The number of carbonyl (C=O) groups excluding carboxylic acids is 1. The summed E-state index contributed by atoms with van der Waals surface area (Å²) >= 11 is 0. The van der Waals surface area contributed by atoms with Crippen LogP contribution in [0.5, 0.6) is 0 Å². The quantitative estimate of drug-likeness (QED) is 0.361. The maximum atomic E-state index is 12.5. The fourth-order valence-corrected chi connectivity index (χ4v) is 4.13. The van der Waals surface area contributed by atoms with Crippen molar-refractivity contribution in [2.24, 2.45) is 11.8 Å². The standard InChI is InChI=1S/C22H41N3O6/c1-8-14(3)16(23-21(30)31-22(5,6)7)13-25(12-10-11-17(25)19(26)27)24-18(20(28)29)15(4)9-2/h14-18,24H,8-13H2,1-7H3,(H2-,23,26,27,28,29,30)/p+1/t14-,15-,16+,17-,18-,25?/m0/s1. The van der Waals surface area contributed by atoms with Crippen LogP contribution >= 0.6 is 0 Å². The Labute approximate surface area is 186 Å². The largest absolute Gasteiger partial charge is 0.480 e. The van der Waals surface area contributed by atoms with E-state index in [-0.39, 0.29) is 29.0 Å². The van der Waals surface area contributed by atoms with Gasteiger partial charge < -0.3 is 20.3 Å². The Balaban J connectivity index is 3.28. The number of hydrogen-bond donors (Lipinski definition) is 4. The van der Waals surface area contributed by atoms with Crippen LogP contribution in [-0.4, -0.2) is 69.7 Å². The Kier molecular flexibility index (Phi) is 9.75. The molecule has 1 rings (SSSR count). The Bertz CT molecular complexity index is 635. The van der Waals surface area contributed by atoms with E-state index in [1.54, 1.807) is 20.8 Å². The molecular weight excluding hydrogens is 402 g/mol. The lowest BCUT2D eigenvalue weighted by Gasteiger charge is -2.43. The fourth-order valence-electron chi connectivity index (χ4n) is 4.13. The van der Waals surface area contributed by atoms with Crippen LogP contribution in [0.25, 0.3) is 0 Å². The summed E-state index contributed by atoms with van der Waals surface area (Å²) in [6, 6.07) is -2.04. The van der Waals surface area contributed by atoms with Crippen LogP contribution in [-0.2, 0) is 14.3 Å². The molecule has 0 radical (unpaired) electrons. The van der Waals surface area contributed by atoms with E-state index >= 15 is 0 Å². The van der Waals surface area contributed by atoms with Crippen molar-refractivity contribution in [3.8, 4) is 0 Å². The van der Waals surface area contributed by atoms with Gasteiger partial charge in [-0.05, 0) is 32.6 Å². The van der Waals surface area contributed by atoms with Crippen molar-refractivity contribution in [1.29, 1.82) is 0 Å². The fraction of sp³-hybridized carbons (Fsp3) is 0.864. The van der Waals surface area contributed by atoms with Crippen LogP contribution < -0.4 is 10.7 Å². The van der Waals surface area contributed by atoms with Gasteiger partial charge in [0.25, 0.3) is 0 Å². The average molecular weight is 445 g/mol. The summed E-state index contributed by atoms with van der Waals surface area (Å²) in [5, 5.41) is 22.7. The van der Waals surface area contributed by atoms with Crippen molar-refractivity contribution in [3.63, 3.8) is 0 Å². The van der Waals surface area contributed by atoms with Gasteiger partial charge >= 0.3 is 18.0 Å². The summed E-state index contributed by atoms with van der Waals surface area (Å²) in [6.07, 6.45) is 1.97. The molecule has 6 atom stereocenters. The van der Waals surface area contributed by atoms with E-state index < -0.39 is 35.7 Å². The highest BCUT2D eigenvalue weighted by Crippen LogP contribution is 2.29. The Morgan fingerprint density at radius 2 is 1.68 bits per heavy atom. The molecule has 0 saturated carbocycles. The predicted octanol–water partition coefficient (Wildman–Crippen LogP) is 2.99. The molecule has 9 heteroatoms. The average Bonchev–Trinajstić information content (AvgIpc) is 3.06. The highest BCUT2D eigenvalue weighted by atomic mass is 16.6. The van der Waals surface area contributed by atoms with E-state index in [2.05, 4.69) is 10.7 Å². The van der Waals surface area contributed by atoms with Crippen LogP contribution in [0.3, 0.4) is 0 Å². The first-order chi connectivity index (χ1) is 14.3. The van der Waals surface area contributed by atoms with Gasteiger partial charge in [-0.3, -0.25) is 4.79 Å². The normalized spacial score (nSPS) is 25.3. The van der Waals surface area contributed by atoms with Crippen molar-refractivity contribution in [3.05, 3.63) is 0 Å². The zero-order valence-corrected chi connectivity index (χ0v) is 20.1. The second-order valence-corrected chi connectivity index (χ2v) is 9.91. The predicted molar refractivity (Wildman–Crippen MR) is 117 cm³/mol. The van der Waals surface area contributed by atoms with E-state index in [9.17, 15) is 24.6 Å². The summed E-state index contributed by atoms with van der Waals surface area (Å²) in [5.74, 6) is -2.09. The Morgan fingerprint density at radius 3 is 2.13 bits per heavy atom. The topological polar surface area (TPSA) is 125 Å². The number of carbonyl (C=O) groups is 3. The van der Waals surface area contributed by atoms with Gasteiger partial charge in [-0.2, -0.15) is 5.43 Å². The van der Waals surface area contributed by atoms with Crippen molar-refractivity contribution in [2.45, 2.75) is 97.9 Å². The van der Waals surface area contributed by atoms with Gasteiger partial charge in [0.1, 0.15) is 12.1 Å². The maximum Gasteiger partial charge on any atom is 0.408 e. The molecule has 1 fully saturated rings. The molecule has 0 aromatic rings. The van der Waals surface area contributed by atoms with Crippen molar-refractivity contribution in [2.75, 3.05) is 13.1 Å². The number of ether oxygens (including phenoxy) is 1. The number of rotatable bonds is 11. The lowest BCUT2D eigenvalue weighted by Crippen LogP contribution is -2.71. The second-order valence-electron chi connectivity index (χ2n) is 9.91. The monoisotopic (exact) mass is 444 g/mol. The molecule has 0 bridgehead atoms. The molecule has 0 aromatic carbocycles. The molecule has 1 saturated heterocycles. The van der Waals surface area contributed by atoms with Crippen molar-refractivity contribution < 1.29 is 33.9 Å². The summed E-state index contributed by atoms with van der Waals surface area (Å²) < 4.78 is 5.35. The highest BCUT2D eigenvalue weighted by molar-refractivity contribution is 5.74. The number of aliphatic carboxylic acids is 2. The number of quaternary nitrogens is 1. The lowest BCUT2D eigenvalue weighted by molar-refractivity contribution is -0.976. The first-order valence-electron chi connectivity index (χ1n) is 11.4. The number of nitrogens with zero attached hydrogens (tertiary/aromatic N) is 1. The number of amides is 1. The number of nitrogens with one attached hydrogen (secondary N) is 2. The minimum absolute atomic E-state index is 0.0474. The molecule has 180 valence electrons. The van der Waals surface area contributed by atoms with E-state index in [1.165, 1.54) is 0 Å². The van der Waals surface area contributed by atoms with Gasteiger partial charge in [-0.25, -0.2) is 14.2 Å².